The van der Waals surface area contributed by atoms with Gasteiger partial charge in [0.15, 0.2) is 0 Å². The van der Waals surface area contributed by atoms with Gasteiger partial charge in [0.1, 0.15) is 29.5 Å². The Morgan fingerprint density at radius 3 is 2.62 bits per heavy atom. The van der Waals surface area contributed by atoms with E-state index in [-0.39, 0.29) is 5.91 Å². The van der Waals surface area contributed by atoms with Crippen molar-refractivity contribution in [3.63, 3.8) is 0 Å². The number of nitrogens with one attached hydrogen (secondary N) is 1. The summed E-state index contributed by atoms with van der Waals surface area (Å²) >= 11 is 0. The molecule has 2 heterocycles. The van der Waals surface area contributed by atoms with E-state index in [1.54, 1.807) is 31.4 Å². The normalized spacial score (nSPS) is 13.7. The molecule has 0 radical (unpaired) electrons. The summed E-state index contributed by atoms with van der Waals surface area (Å²) in [6.45, 7) is 1.97. The van der Waals surface area contributed by atoms with E-state index in [0.29, 0.717) is 22.9 Å². The summed E-state index contributed by atoms with van der Waals surface area (Å²) in [6.07, 6.45) is 3.79. The minimum Gasteiger partial charge on any atom is -0.497 e. The van der Waals surface area contributed by atoms with Crippen molar-refractivity contribution in [3.05, 3.63) is 36.2 Å². The lowest BCUT2D eigenvalue weighted by molar-refractivity contribution is 0.102. The number of carbonyl (C=O) groups excluding carboxylic acids is 1. The Morgan fingerprint density at radius 1 is 1.12 bits per heavy atom. The van der Waals surface area contributed by atoms with Gasteiger partial charge in [-0.25, -0.2) is 9.97 Å². The van der Waals surface area contributed by atoms with Crippen LogP contribution in [-0.4, -0.2) is 43.2 Å². The molecule has 1 saturated heterocycles. The monoisotopic (exact) mass is 328 g/mol. The Hall–Kier alpha value is -2.83. The highest BCUT2D eigenvalue weighted by atomic mass is 16.5. The third-order valence-electron chi connectivity index (χ3n) is 3.98. The number of carbonyl (C=O) groups is 1. The molecular formula is C17H20N4O3. The number of methoxy groups -OCH3 is 2. The van der Waals surface area contributed by atoms with E-state index in [4.69, 9.17) is 9.47 Å². The second-order valence-corrected chi connectivity index (χ2v) is 5.48. The highest BCUT2D eigenvalue weighted by Crippen LogP contribution is 2.26. The van der Waals surface area contributed by atoms with Gasteiger partial charge in [0.05, 0.1) is 19.8 Å². The van der Waals surface area contributed by atoms with Crippen LogP contribution in [0.3, 0.4) is 0 Å². The summed E-state index contributed by atoms with van der Waals surface area (Å²) in [5.74, 6) is 2.08. The van der Waals surface area contributed by atoms with Gasteiger partial charge in [-0.1, -0.05) is 0 Å². The fourth-order valence-corrected chi connectivity index (χ4v) is 2.70. The zero-order valence-electron chi connectivity index (χ0n) is 13.8. The number of anilines is 2. The Bertz CT molecular complexity index is 730. The van der Waals surface area contributed by atoms with Gasteiger partial charge in [0.2, 0.25) is 0 Å². The number of hydrogen-bond acceptors (Lipinski definition) is 6. The summed E-state index contributed by atoms with van der Waals surface area (Å²) in [7, 11) is 3.08. The summed E-state index contributed by atoms with van der Waals surface area (Å²) in [6, 6.07) is 6.84. The van der Waals surface area contributed by atoms with Crippen molar-refractivity contribution in [3.8, 4) is 11.5 Å². The Balaban J connectivity index is 1.78. The second-order valence-electron chi connectivity index (χ2n) is 5.48. The van der Waals surface area contributed by atoms with Crippen LogP contribution in [0.15, 0.2) is 30.6 Å². The minimum absolute atomic E-state index is 0.291. The van der Waals surface area contributed by atoms with E-state index in [1.807, 2.05) is 0 Å². The molecule has 24 heavy (non-hydrogen) atoms. The van der Waals surface area contributed by atoms with Gasteiger partial charge in [0, 0.05) is 25.2 Å². The first-order valence-electron chi connectivity index (χ1n) is 7.81. The Morgan fingerprint density at radius 2 is 1.92 bits per heavy atom. The highest BCUT2D eigenvalue weighted by molar-refractivity contribution is 6.06. The van der Waals surface area contributed by atoms with Crippen LogP contribution in [-0.2, 0) is 0 Å². The lowest BCUT2D eigenvalue weighted by Gasteiger charge is -2.16. The Kier molecular flexibility index (Phi) is 4.79. The molecule has 0 atom stereocenters. The quantitative estimate of drug-likeness (QED) is 0.908. The molecule has 126 valence electrons. The molecule has 1 fully saturated rings. The highest BCUT2D eigenvalue weighted by Gasteiger charge is 2.17. The predicted molar refractivity (Wildman–Crippen MR) is 91.0 cm³/mol. The summed E-state index contributed by atoms with van der Waals surface area (Å²) in [5, 5.41) is 2.80. The fraction of sp³-hybridized carbons (Fsp3) is 0.353. The number of rotatable bonds is 5. The van der Waals surface area contributed by atoms with Gasteiger partial charge in [-0.05, 0) is 25.0 Å². The Labute approximate surface area is 140 Å². The van der Waals surface area contributed by atoms with Crippen LogP contribution in [0.2, 0.25) is 0 Å². The molecule has 1 amide bonds. The van der Waals surface area contributed by atoms with Crippen molar-refractivity contribution in [1.29, 1.82) is 0 Å². The van der Waals surface area contributed by atoms with E-state index in [0.717, 1.165) is 31.7 Å². The number of amides is 1. The van der Waals surface area contributed by atoms with Gasteiger partial charge in [-0.3, -0.25) is 4.79 Å². The lowest BCUT2D eigenvalue weighted by atomic mass is 10.1. The predicted octanol–water partition coefficient (Wildman–Crippen LogP) is 2.35. The number of aromatic nitrogens is 2. The van der Waals surface area contributed by atoms with Crippen molar-refractivity contribution in [2.45, 2.75) is 12.8 Å². The molecule has 7 heteroatoms. The first kappa shape index (κ1) is 16.0. The summed E-state index contributed by atoms with van der Waals surface area (Å²) < 4.78 is 10.4. The molecule has 3 rings (SSSR count). The van der Waals surface area contributed by atoms with E-state index in [2.05, 4.69) is 20.2 Å². The summed E-state index contributed by atoms with van der Waals surface area (Å²) in [4.78, 5) is 23.1. The maximum absolute atomic E-state index is 12.5. The van der Waals surface area contributed by atoms with Gasteiger partial charge in [-0.15, -0.1) is 0 Å². The topological polar surface area (TPSA) is 76.6 Å². The molecule has 1 N–H and O–H groups in total. The molecule has 0 bridgehead atoms. The molecule has 2 aromatic rings. The minimum atomic E-state index is -0.291. The number of nitrogens with zero attached hydrogens (tertiary/aromatic N) is 3. The zero-order valence-corrected chi connectivity index (χ0v) is 13.8. The van der Waals surface area contributed by atoms with Gasteiger partial charge in [0.25, 0.3) is 5.91 Å². The SMILES string of the molecule is COc1ccc(C(=O)Nc2cc(N3CCCC3)ncn2)c(OC)c1. The van der Waals surface area contributed by atoms with E-state index >= 15 is 0 Å². The van der Waals surface area contributed by atoms with Crippen LogP contribution in [0, 0.1) is 0 Å². The second kappa shape index (κ2) is 7.16. The number of hydrogen-bond donors (Lipinski definition) is 1. The van der Waals surface area contributed by atoms with E-state index < -0.39 is 0 Å². The molecule has 1 aromatic carbocycles. The molecule has 7 nitrogen and oxygen atoms in total. The molecule has 0 aliphatic carbocycles. The molecule has 0 unspecified atom stereocenters. The standard InChI is InChI=1S/C17H20N4O3/c1-23-12-5-6-13(14(9-12)24-2)17(22)20-15-10-16(19-11-18-15)21-7-3-4-8-21/h5-6,9-11H,3-4,7-8H2,1-2H3,(H,18,19,20,22). The van der Waals surface area contributed by atoms with Gasteiger partial charge < -0.3 is 19.7 Å². The van der Waals surface area contributed by atoms with Crippen LogP contribution in [0.5, 0.6) is 11.5 Å². The first-order chi connectivity index (χ1) is 11.7. The van der Waals surface area contributed by atoms with Crippen LogP contribution >= 0.6 is 0 Å². The molecule has 0 saturated carbocycles. The lowest BCUT2D eigenvalue weighted by Crippen LogP contribution is -2.20. The molecule has 0 spiro atoms. The van der Waals surface area contributed by atoms with Crippen molar-refractivity contribution < 1.29 is 14.3 Å². The third kappa shape index (κ3) is 3.40. The average molecular weight is 328 g/mol. The number of ether oxygens (including phenoxy) is 2. The fourth-order valence-electron chi connectivity index (χ4n) is 2.70. The number of benzene rings is 1. The van der Waals surface area contributed by atoms with E-state index in [1.165, 1.54) is 13.4 Å². The van der Waals surface area contributed by atoms with Gasteiger partial charge in [-0.2, -0.15) is 0 Å². The smallest absolute Gasteiger partial charge is 0.260 e. The largest absolute Gasteiger partial charge is 0.497 e. The third-order valence-corrected chi connectivity index (χ3v) is 3.98. The maximum Gasteiger partial charge on any atom is 0.260 e. The molecular weight excluding hydrogens is 308 g/mol. The van der Waals surface area contributed by atoms with E-state index in [9.17, 15) is 4.79 Å². The zero-order chi connectivity index (χ0) is 16.9. The maximum atomic E-state index is 12.5. The van der Waals surface area contributed by atoms with Crippen molar-refractivity contribution in [2.24, 2.45) is 0 Å². The van der Waals surface area contributed by atoms with Gasteiger partial charge >= 0.3 is 0 Å². The van der Waals surface area contributed by atoms with Crippen molar-refractivity contribution >= 4 is 17.5 Å². The molecule has 1 aliphatic rings. The van der Waals surface area contributed by atoms with Crippen LogP contribution in [0.1, 0.15) is 23.2 Å². The van der Waals surface area contributed by atoms with Crippen LogP contribution < -0.4 is 19.7 Å². The first-order valence-corrected chi connectivity index (χ1v) is 7.81. The van der Waals surface area contributed by atoms with Crippen LogP contribution in [0.25, 0.3) is 0 Å². The van der Waals surface area contributed by atoms with Crippen molar-refractivity contribution in [2.75, 3.05) is 37.5 Å². The molecule has 1 aliphatic heterocycles. The average Bonchev–Trinajstić information content (AvgIpc) is 3.16. The molecule has 1 aromatic heterocycles. The van der Waals surface area contributed by atoms with Crippen LogP contribution in [0.4, 0.5) is 11.6 Å². The van der Waals surface area contributed by atoms with Crippen molar-refractivity contribution in [1.82, 2.24) is 9.97 Å². The summed E-state index contributed by atoms with van der Waals surface area (Å²) in [5.41, 5.74) is 0.416.